The second-order valence-corrected chi connectivity index (χ2v) is 5.45. The van der Waals surface area contributed by atoms with Crippen molar-refractivity contribution in [3.8, 4) is 0 Å². The molecule has 0 spiro atoms. The molecule has 1 aromatic rings. The highest BCUT2D eigenvalue weighted by atomic mass is 35.5. The highest BCUT2D eigenvalue weighted by Crippen LogP contribution is 2.17. The van der Waals surface area contributed by atoms with Gasteiger partial charge in [-0.1, -0.05) is 18.5 Å². The van der Waals surface area contributed by atoms with Crippen LogP contribution in [0.1, 0.15) is 18.9 Å². The SMILES string of the molecule is CCCS(=O)(=O)Nc1cnc(Cl)c(C)c1. The summed E-state index contributed by atoms with van der Waals surface area (Å²) in [5, 5.41) is 0.383. The molecular formula is C9H13ClN2O2S. The zero-order valence-corrected chi connectivity index (χ0v) is 10.2. The Bertz CT molecular complexity index is 445. The highest BCUT2D eigenvalue weighted by Gasteiger charge is 2.09. The molecule has 0 aliphatic heterocycles. The first-order valence-electron chi connectivity index (χ1n) is 4.57. The fourth-order valence-corrected chi connectivity index (χ4v) is 2.33. The number of anilines is 1. The van der Waals surface area contributed by atoms with E-state index in [9.17, 15) is 8.42 Å². The summed E-state index contributed by atoms with van der Waals surface area (Å²) in [5.74, 6) is 0.106. The van der Waals surface area contributed by atoms with E-state index in [0.717, 1.165) is 5.56 Å². The Morgan fingerprint density at radius 1 is 1.53 bits per heavy atom. The van der Waals surface area contributed by atoms with Gasteiger partial charge < -0.3 is 0 Å². The van der Waals surface area contributed by atoms with Crippen LogP contribution < -0.4 is 4.72 Å². The predicted octanol–water partition coefficient (Wildman–Crippen LogP) is 2.20. The van der Waals surface area contributed by atoms with E-state index in [1.54, 1.807) is 13.0 Å². The molecule has 6 heteroatoms. The maximum absolute atomic E-state index is 11.4. The molecule has 0 unspecified atom stereocenters. The van der Waals surface area contributed by atoms with E-state index in [1.165, 1.54) is 6.20 Å². The summed E-state index contributed by atoms with van der Waals surface area (Å²) < 4.78 is 25.3. The van der Waals surface area contributed by atoms with Gasteiger partial charge in [0, 0.05) is 0 Å². The molecule has 4 nitrogen and oxygen atoms in total. The quantitative estimate of drug-likeness (QED) is 0.831. The van der Waals surface area contributed by atoms with Crippen molar-refractivity contribution in [1.29, 1.82) is 0 Å². The van der Waals surface area contributed by atoms with Gasteiger partial charge in [0.05, 0.1) is 17.6 Å². The van der Waals surface area contributed by atoms with Crippen LogP contribution in [0.3, 0.4) is 0 Å². The summed E-state index contributed by atoms with van der Waals surface area (Å²) in [6.07, 6.45) is 1.98. The van der Waals surface area contributed by atoms with E-state index in [-0.39, 0.29) is 5.75 Å². The van der Waals surface area contributed by atoms with Gasteiger partial charge in [0.1, 0.15) is 5.15 Å². The molecule has 0 atom stereocenters. The first-order chi connectivity index (χ1) is 6.94. The Morgan fingerprint density at radius 3 is 2.73 bits per heavy atom. The normalized spacial score (nSPS) is 11.4. The smallest absolute Gasteiger partial charge is 0.232 e. The van der Waals surface area contributed by atoms with Gasteiger partial charge in [-0.3, -0.25) is 4.72 Å². The molecule has 0 aliphatic rings. The summed E-state index contributed by atoms with van der Waals surface area (Å²) in [4.78, 5) is 3.86. The van der Waals surface area contributed by atoms with Crippen molar-refractivity contribution in [1.82, 2.24) is 4.98 Å². The van der Waals surface area contributed by atoms with Crippen molar-refractivity contribution < 1.29 is 8.42 Å². The van der Waals surface area contributed by atoms with Crippen molar-refractivity contribution in [2.75, 3.05) is 10.5 Å². The second kappa shape index (κ2) is 4.81. The van der Waals surface area contributed by atoms with Crippen LogP contribution >= 0.6 is 11.6 Å². The summed E-state index contributed by atoms with van der Waals surface area (Å²) >= 11 is 5.72. The number of pyridine rings is 1. The maximum Gasteiger partial charge on any atom is 0.232 e. The van der Waals surface area contributed by atoms with Crippen LogP contribution in [0.2, 0.25) is 5.15 Å². The Labute approximate surface area is 94.7 Å². The first-order valence-corrected chi connectivity index (χ1v) is 6.60. The average Bonchev–Trinajstić information content (AvgIpc) is 2.10. The third kappa shape index (κ3) is 3.68. The van der Waals surface area contributed by atoms with Crippen molar-refractivity contribution >= 4 is 27.3 Å². The van der Waals surface area contributed by atoms with Gasteiger partial charge in [-0.25, -0.2) is 13.4 Å². The minimum Gasteiger partial charge on any atom is -0.282 e. The van der Waals surface area contributed by atoms with Crippen LogP contribution in [0.25, 0.3) is 0 Å². The number of aryl methyl sites for hydroxylation is 1. The zero-order chi connectivity index (χ0) is 11.5. The largest absolute Gasteiger partial charge is 0.282 e. The molecule has 0 aliphatic carbocycles. The lowest BCUT2D eigenvalue weighted by Crippen LogP contribution is -2.16. The number of hydrogen-bond acceptors (Lipinski definition) is 3. The van der Waals surface area contributed by atoms with Crippen LogP contribution in [-0.2, 0) is 10.0 Å². The third-order valence-electron chi connectivity index (χ3n) is 1.76. The third-order valence-corrected chi connectivity index (χ3v) is 3.65. The second-order valence-electron chi connectivity index (χ2n) is 3.25. The van der Waals surface area contributed by atoms with Gasteiger partial charge in [-0.15, -0.1) is 0 Å². The Kier molecular flexibility index (Phi) is 3.93. The number of rotatable bonds is 4. The van der Waals surface area contributed by atoms with E-state index in [0.29, 0.717) is 17.3 Å². The molecule has 0 saturated carbocycles. The zero-order valence-electron chi connectivity index (χ0n) is 8.62. The minimum atomic E-state index is -3.25. The van der Waals surface area contributed by atoms with E-state index < -0.39 is 10.0 Å². The predicted molar refractivity (Wildman–Crippen MR) is 61.7 cm³/mol. The van der Waals surface area contributed by atoms with Crippen LogP contribution in [0.4, 0.5) is 5.69 Å². The maximum atomic E-state index is 11.4. The number of aromatic nitrogens is 1. The molecule has 1 heterocycles. The number of nitrogens with one attached hydrogen (secondary N) is 1. The van der Waals surface area contributed by atoms with Crippen LogP contribution in [-0.4, -0.2) is 19.2 Å². The Balaban J connectivity index is 2.86. The molecular weight excluding hydrogens is 236 g/mol. The number of nitrogens with zero attached hydrogens (tertiary/aromatic N) is 1. The number of halogens is 1. The topological polar surface area (TPSA) is 59.1 Å². The highest BCUT2D eigenvalue weighted by molar-refractivity contribution is 7.92. The van der Waals surface area contributed by atoms with Crippen molar-refractivity contribution in [2.24, 2.45) is 0 Å². The van der Waals surface area contributed by atoms with Gasteiger partial charge in [0.15, 0.2) is 0 Å². The lowest BCUT2D eigenvalue weighted by atomic mass is 10.3. The van der Waals surface area contributed by atoms with Gasteiger partial charge >= 0.3 is 0 Å². The van der Waals surface area contributed by atoms with Gasteiger partial charge in [-0.05, 0) is 25.0 Å². The Morgan fingerprint density at radius 2 is 2.20 bits per heavy atom. The molecule has 1 rings (SSSR count). The molecule has 0 fully saturated rings. The monoisotopic (exact) mass is 248 g/mol. The van der Waals surface area contributed by atoms with Crippen LogP contribution in [0.5, 0.6) is 0 Å². The summed E-state index contributed by atoms with van der Waals surface area (Å²) in [7, 11) is -3.25. The summed E-state index contributed by atoms with van der Waals surface area (Å²) in [6.45, 7) is 3.58. The van der Waals surface area contributed by atoms with E-state index in [4.69, 9.17) is 11.6 Å². The fraction of sp³-hybridized carbons (Fsp3) is 0.444. The lowest BCUT2D eigenvalue weighted by Gasteiger charge is -2.07. The summed E-state index contributed by atoms with van der Waals surface area (Å²) in [5.41, 5.74) is 1.19. The van der Waals surface area contributed by atoms with Crippen molar-refractivity contribution in [3.63, 3.8) is 0 Å². The van der Waals surface area contributed by atoms with E-state index >= 15 is 0 Å². The van der Waals surface area contributed by atoms with Crippen LogP contribution in [0, 0.1) is 6.92 Å². The van der Waals surface area contributed by atoms with Gasteiger partial charge in [-0.2, -0.15) is 0 Å². The first kappa shape index (κ1) is 12.3. The summed E-state index contributed by atoms with van der Waals surface area (Å²) in [6, 6.07) is 1.66. The molecule has 0 aromatic carbocycles. The van der Waals surface area contributed by atoms with E-state index in [1.807, 2.05) is 6.92 Å². The van der Waals surface area contributed by atoms with Gasteiger partial charge in [0.25, 0.3) is 0 Å². The van der Waals surface area contributed by atoms with Crippen molar-refractivity contribution in [3.05, 3.63) is 23.0 Å². The molecule has 0 bridgehead atoms. The van der Waals surface area contributed by atoms with Crippen molar-refractivity contribution in [2.45, 2.75) is 20.3 Å². The van der Waals surface area contributed by atoms with Crippen LogP contribution in [0.15, 0.2) is 12.3 Å². The minimum absolute atomic E-state index is 0.106. The molecule has 15 heavy (non-hydrogen) atoms. The average molecular weight is 249 g/mol. The number of hydrogen-bond donors (Lipinski definition) is 1. The van der Waals surface area contributed by atoms with Gasteiger partial charge in [0.2, 0.25) is 10.0 Å². The lowest BCUT2D eigenvalue weighted by molar-refractivity contribution is 0.600. The molecule has 0 amide bonds. The molecule has 1 aromatic heterocycles. The fourth-order valence-electron chi connectivity index (χ4n) is 1.11. The molecule has 0 saturated heterocycles. The molecule has 0 radical (unpaired) electrons. The standard InChI is InChI=1S/C9H13ClN2O2S/c1-3-4-15(13,14)12-8-5-7(2)9(10)11-6-8/h5-6,12H,3-4H2,1-2H3. The van der Waals surface area contributed by atoms with E-state index in [2.05, 4.69) is 9.71 Å². The number of sulfonamides is 1. The Hall–Kier alpha value is -0.810. The molecule has 84 valence electrons. The molecule has 1 N–H and O–H groups in total.